The molecule has 0 aliphatic rings. The quantitative estimate of drug-likeness (QED) is 0.851. The number of nitrogen functional groups attached to an aromatic ring is 1. The van der Waals surface area contributed by atoms with Gasteiger partial charge in [-0.25, -0.2) is 12.8 Å². The van der Waals surface area contributed by atoms with Crippen LogP contribution in [0.15, 0.2) is 53.9 Å². The summed E-state index contributed by atoms with van der Waals surface area (Å²) < 4.78 is 39.0. The number of anilines is 2. The van der Waals surface area contributed by atoms with E-state index < -0.39 is 15.8 Å². The number of halogens is 1. The Morgan fingerprint density at radius 2 is 1.80 bits per heavy atom. The minimum Gasteiger partial charge on any atom is -0.397 e. The van der Waals surface area contributed by atoms with E-state index in [9.17, 15) is 12.8 Å². The summed E-state index contributed by atoms with van der Waals surface area (Å²) in [6.07, 6.45) is 1.44. The van der Waals surface area contributed by atoms with Gasteiger partial charge < -0.3 is 5.73 Å². The predicted octanol–water partition coefficient (Wildman–Crippen LogP) is 2.82. The number of hydrogen-bond acceptors (Lipinski definition) is 3. The van der Waals surface area contributed by atoms with E-state index in [-0.39, 0.29) is 11.4 Å². The second-order valence-corrected chi connectivity index (χ2v) is 5.66. The molecule has 2 rings (SSSR count). The molecule has 0 aromatic heterocycles. The molecule has 0 aliphatic carbocycles. The normalized spacial score (nSPS) is 11.7. The van der Waals surface area contributed by atoms with Crippen molar-refractivity contribution in [3.63, 3.8) is 0 Å². The van der Waals surface area contributed by atoms with Gasteiger partial charge in [-0.2, -0.15) is 0 Å². The predicted molar refractivity (Wildman–Crippen MR) is 78.8 cm³/mol. The van der Waals surface area contributed by atoms with Crippen molar-refractivity contribution in [3.8, 4) is 0 Å². The molecule has 2 aromatic carbocycles. The van der Waals surface area contributed by atoms with Gasteiger partial charge in [-0.05, 0) is 23.8 Å². The third-order valence-electron chi connectivity index (χ3n) is 2.51. The average Bonchev–Trinajstić information content (AvgIpc) is 2.42. The molecule has 20 heavy (non-hydrogen) atoms. The van der Waals surface area contributed by atoms with Crippen molar-refractivity contribution >= 4 is 27.5 Å². The lowest BCUT2D eigenvalue weighted by atomic mass is 10.2. The highest BCUT2D eigenvalue weighted by Crippen LogP contribution is 2.21. The molecule has 0 heterocycles. The first-order chi connectivity index (χ1) is 9.46. The molecule has 0 unspecified atom stereocenters. The molecular weight excluding hydrogens is 279 g/mol. The zero-order valence-corrected chi connectivity index (χ0v) is 11.3. The number of hydrogen-bond donors (Lipinski definition) is 2. The Morgan fingerprint density at radius 1 is 1.10 bits per heavy atom. The maximum absolute atomic E-state index is 13.1. The van der Waals surface area contributed by atoms with Gasteiger partial charge in [0.05, 0.1) is 16.8 Å². The summed E-state index contributed by atoms with van der Waals surface area (Å²) in [7, 11) is -3.75. The number of nitrogens with two attached hydrogens (primary N) is 1. The summed E-state index contributed by atoms with van der Waals surface area (Å²) in [6.45, 7) is 0. The number of rotatable bonds is 4. The van der Waals surface area contributed by atoms with Crippen molar-refractivity contribution in [1.29, 1.82) is 0 Å². The van der Waals surface area contributed by atoms with Crippen molar-refractivity contribution in [2.45, 2.75) is 0 Å². The van der Waals surface area contributed by atoms with Crippen LogP contribution < -0.4 is 10.5 Å². The second kappa shape index (κ2) is 5.75. The van der Waals surface area contributed by atoms with Crippen LogP contribution in [0.25, 0.3) is 6.08 Å². The first-order valence-corrected chi connectivity index (χ1v) is 7.32. The van der Waals surface area contributed by atoms with E-state index in [2.05, 4.69) is 4.72 Å². The van der Waals surface area contributed by atoms with Crippen molar-refractivity contribution in [3.05, 3.63) is 65.3 Å². The molecule has 0 saturated heterocycles. The Morgan fingerprint density at radius 3 is 2.50 bits per heavy atom. The van der Waals surface area contributed by atoms with Gasteiger partial charge in [0.15, 0.2) is 0 Å². The smallest absolute Gasteiger partial charge is 0.255 e. The van der Waals surface area contributed by atoms with E-state index in [1.54, 1.807) is 24.3 Å². The molecule has 0 saturated carbocycles. The number of nitrogens with one attached hydrogen (secondary N) is 1. The number of sulfonamides is 1. The number of benzene rings is 2. The standard InChI is InChI=1S/C14H13FN2O2S/c15-12-6-7-13(16)14(10-12)17-20(18,19)9-8-11-4-2-1-3-5-11/h1-10,17H,16H2. The molecule has 104 valence electrons. The van der Waals surface area contributed by atoms with Gasteiger partial charge in [-0.3, -0.25) is 4.72 Å². The van der Waals surface area contributed by atoms with E-state index in [4.69, 9.17) is 5.73 Å². The summed E-state index contributed by atoms with van der Waals surface area (Å²) in [6, 6.07) is 12.4. The van der Waals surface area contributed by atoms with Crippen molar-refractivity contribution < 1.29 is 12.8 Å². The Labute approximate surface area is 116 Å². The SMILES string of the molecule is Nc1ccc(F)cc1NS(=O)(=O)C=Cc1ccccc1. The van der Waals surface area contributed by atoms with E-state index in [1.165, 1.54) is 12.1 Å². The van der Waals surface area contributed by atoms with Crippen LogP contribution in [-0.2, 0) is 10.0 Å². The molecular formula is C14H13FN2O2S. The monoisotopic (exact) mass is 292 g/mol. The molecule has 0 aliphatic heterocycles. The van der Waals surface area contributed by atoms with Gasteiger partial charge in [0, 0.05) is 6.07 Å². The van der Waals surface area contributed by atoms with Crippen LogP contribution >= 0.6 is 0 Å². The largest absolute Gasteiger partial charge is 0.397 e. The zero-order valence-electron chi connectivity index (χ0n) is 10.5. The Balaban J connectivity index is 2.19. The Hall–Kier alpha value is -2.34. The second-order valence-electron chi connectivity index (χ2n) is 4.09. The van der Waals surface area contributed by atoms with E-state index in [0.717, 1.165) is 23.1 Å². The van der Waals surface area contributed by atoms with Gasteiger partial charge in [-0.15, -0.1) is 0 Å². The van der Waals surface area contributed by atoms with Crippen molar-refractivity contribution in [2.75, 3.05) is 10.5 Å². The molecule has 0 atom stereocenters. The lowest BCUT2D eigenvalue weighted by Crippen LogP contribution is -2.10. The summed E-state index contributed by atoms with van der Waals surface area (Å²) >= 11 is 0. The Kier molecular flexibility index (Phi) is 4.05. The van der Waals surface area contributed by atoms with Crippen LogP contribution in [0.4, 0.5) is 15.8 Å². The van der Waals surface area contributed by atoms with Crippen LogP contribution in [0, 0.1) is 5.82 Å². The first kappa shape index (κ1) is 14.1. The lowest BCUT2D eigenvalue weighted by Gasteiger charge is -2.07. The van der Waals surface area contributed by atoms with Gasteiger partial charge >= 0.3 is 0 Å². The molecule has 0 bridgehead atoms. The summed E-state index contributed by atoms with van der Waals surface area (Å²) in [4.78, 5) is 0. The minimum absolute atomic E-state index is 0.0164. The summed E-state index contributed by atoms with van der Waals surface area (Å²) in [5, 5.41) is 1.01. The first-order valence-electron chi connectivity index (χ1n) is 5.77. The maximum atomic E-state index is 13.1. The van der Waals surface area contributed by atoms with Crippen molar-refractivity contribution in [1.82, 2.24) is 0 Å². The van der Waals surface area contributed by atoms with Crippen molar-refractivity contribution in [2.24, 2.45) is 0 Å². The third-order valence-corrected chi connectivity index (χ3v) is 3.51. The third kappa shape index (κ3) is 3.83. The van der Waals surface area contributed by atoms with E-state index >= 15 is 0 Å². The minimum atomic E-state index is -3.75. The fourth-order valence-electron chi connectivity index (χ4n) is 1.54. The van der Waals surface area contributed by atoms with Crippen LogP contribution in [0.1, 0.15) is 5.56 Å². The van der Waals surface area contributed by atoms with Gasteiger partial charge in [-0.1, -0.05) is 30.3 Å². The molecule has 3 N–H and O–H groups in total. The molecule has 4 nitrogen and oxygen atoms in total. The van der Waals surface area contributed by atoms with Gasteiger partial charge in [0.1, 0.15) is 5.82 Å². The van der Waals surface area contributed by atoms with E-state index in [0.29, 0.717) is 0 Å². The highest BCUT2D eigenvalue weighted by Gasteiger charge is 2.09. The average molecular weight is 292 g/mol. The van der Waals surface area contributed by atoms with E-state index in [1.807, 2.05) is 6.07 Å². The summed E-state index contributed by atoms with van der Waals surface area (Å²) in [5.74, 6) is -0.566. The fraction of sp³-hybridized carbons (Fsp3) is 0. The zero-order chi connectivity index (χ0) is 14.6. The summed E-state index contributed by atoms with van der Waals surface area (Å²) in [5.41, 5.74) is 6.50. The Bertz CT molecular complexity index is 728. The highest BCUT2D eigenvalue weighted by atomic mass is 32.2. The molecule has 6 heteroatoms. The fourth-order valence-corrected chi connectivity index (χ4v) is 2.42. The molecule has 0 spiro atoms. The highest BCUT2D eigenvalue weighted by molar-refractivity contribution is 7.95. The molecule has 2 aromatic rings. The molecule has 0 amide bonds. The maximum Gasteiger partial charge on any atom is 0.255 e. The van der Waals surface area contributed by atoms with Gasteiger partial charge in [0.2, 0.25) is 0 Å². The lowest BCUT2D eigenvalue weighted by molar-refractivity contribution is 0.609. The van der Waals surface area contributed by atoms with Crippen LogP contribution in [-0.4, -0.2) is 8.42 Å². The molecule has 0 radical (unpaired) electrons. The topological polar surface area (TPSA) is 72.2 Å². The van der Waals surface area contributed by atoms with Gasteiger partial charge in [0.25, 0.3) is 10.0 Å². The van der Waals surface area contributed by atoms with Crippen LogP contribution in [0.3, 0.4) is 0 Å². The van der Waals surface area contributed by atoms with Crippen LogP contribution in [0.5, 0.6) is 0 Å². The molecule has 0 fully saturated rings. The van der Waals surface area contributed by atoms with Crippen LogP contribution in [0.2, 0.25) is 0 Å².